The van der Waals surface area contributed by atoms with Crippen molar-refractivity contribution in [3.05, 3.63) is 17.0 Å². The molecule has 0 radical (unpaired) electrons. The Morgan fingerprint density at radius 2 is 2.00 bits per heavy atom. The van der Waals surface area contributed by atoms with E-state index in [4.69, 9.17) is 4.52 Å². The molecule has 0 saturated carbocycles. The molecule has 0 aromatic carbocycles. The van der Waals surface area contributed by atoms with Gasteiger partial charge in [0.2, 0.25) is 5.91 Å². The van der Waals surface area contributed by atoms with Gasteiger partial charge in [0.05, 0.1) is 12.1 Å². The first kappa shape index (κ1) is 17.0. The Bertz CT molecular complexity index is 605. The topological polar surface area (TPSA) is 95.7 Å². The second-order valence-electron chi connectivity index (χ2n) is 5.77. The van der Waals surface area contributed by atoms with Gasteiger partial charge in [0.25, 0.3) is 5.91 Å². The number of aromatic nitrogens is 1. The summed E-state index contributed by atoms with van der Waals surface area (Å²) in [5.41, 5.74) is 1.94. The molecule has 2 heterocycles. The van der Waals surface area contributed by atoms with Crippen LogP contribution in [0.3, 0.4) is 0 Å². The quantitative estimate of drug-likeness (QED) is 0.612. The van der Waals surface area contributed by atoms with Crippen LogP contribution in [0.15, 0.2) is 4.52 Å². The number of nitrogens with zero attached hydrogens (tertiary/aromatic N) is 3. The number of urea groups is 1. The van der Waals surface area contributed by atoms with E-state index < -0.39 is 6.04 Å². The molecule has 1 saturated heterocycles. The van der Waals surface area contributed by atoms with E-state index in [-0.39, 0.29) is 24.3 Å². The van der Waals surface area contributed by atoms with E-state index in [9.17, 15) is 14.4 Å². The third kappa shape index (κ3) is 3.52. The summed E-state index contributed by atoms with van der Waals surface area (Å²) in [4.78, 5) is 37.8. The van der Waals surface area contributed by atoms with Gasteiger partial charge < -0.3 is 14.7 Å². The van der Waals surface area contributed by atoms with Gasteiger partial charge >= 0.3 is 6.03 Å². The molecular formula is C15H22N4O4. The van der Waals surface area contributed by atoms with Gasteiger partial charge in [-0.25, -0.2) is 4.79 Å². The van der Waals surface area contributed by atoms with Crippen molar-refractivity contribution in [1.29, 1.82) is 0 Å². The molecule has 2 rings (SSSR count). The van der Waals surface area contributed by atoms with Gasteiger partial charge in [0.15, 0.2) is 0 Å². The van der Waals surface area contributed by atoms with Gasteiger partial charge in [-0.3, -0.25) is 14.5 Å². The highest BCUT2D eigenvalue weighted by Crippen LogP contribution is 2.17. The van der Waals surface area contributed by atoms with Crippen molar-refractivity contribution >= 4 is 17.8 Å². The molecule has 4 amide bonds. The lowest BCUT2D eigenvalue weighted by Crippen LogP contribution is -2.37. The summed E-state index contributed by atoms with van der Waals surface area (Å²) in [6.45, 7) is 4.25. The molecule has 126 valence electrons. The van der Waals surface area contributed by atoms with E-state index in [0.29, 0.717) is 6.54 Å². The van der Waals surface area contributed by atoms with Crippen molar-refractivity contribution in [3.8, 4) is 0 Å². The maximum absolute atomic E-state index is 11.9. The van der Waals surface area contributed by atoms with Crippen molar-refractivity contribution in [3.63, 3.8) is 0 Å². The average molecular weight is 322 g/mol. The van der Waals surface area contributed by atoms with Crippen LogP contribution < -0.4 is 5.32 Å². The molecule has 1 N–H and O–H groups in total. The first-order valence-electron chi connectivity index (χ1n) is 7.55. The van der Waals surface area contributed by atoms with Crippen molar-refractivity contribution in [2.24, 2.45) is 0 Å². The lowest BCUT2D eigenvalue weighted by Gasteiger charge is -2.15. The van der Waals surface area contributed by atoms with E-state index >= 15 is 0 Å². The standard InChI is InChI=1S/C15H22N4O4/c1-9-11(10(2)23-17-9)6-5-7-16-13(20)8-12-14(21)19(4)15(22)18(12)3/h12H,5-8H2,1-4H3,(H,16,20). The highest BCUT2D eigenvalue weighted by Gasteiger charge is 2.41. The third-order valence-electron chi connectivity index (χ3n) is 4.16. The van der Waals surface area contributed by atoms with Crippen molar-refractivity contribution in [2.45, 2.75) is 39.2 Å². The molecule has 23 heavy (non-hydrogen) atoms. The maximum Gasteiger partial charge on any atom is 0.326 e. The van der Waals surface area contributed by atoms with Crippen LogP contribution in [0.1, 0.15) is 29.9 Å². The molecule has 1 aromatic heterocycles. The number of carbonyl (C=O) groups is 3. The van der Waals surface area contributed by atoms with Gasteiger partial charge in [-0.05, 0) is 26.7 Å². The van der Waals surface area contributed by atoms with Crippen LogP contribution in [-0.2, 0) is 16.0 Å². The summed E-state index contributed by atoms with van der Waals surface area (Å²) in [6, 6.07) is -1.10. The number of carbonyl (C=O) groups excluding carboxylic acids is 3. The van der Waals surface area contributed by atoms with Crippen LogP contribution in [0.2, 0.25) is 0 Å². The highest BCUT2D eigenvalue weighted by atomic mass is 16.5. The van der Waals surface area contributed by atoms with E-state index in [1.54, 1.807) is 0 Å². The number of nitrogens with one attached hydrogen (secondary N) is 1. The van der Waals surface area contributed by atoms with Gasteiger partial charge in [0, 0.05) is 26.2 Å². The molecule has 1 aromatic rings. The van der Waals surface area contributed by atoms with Crippen molar-refractivity contribution < 1.29 is 18.9 Å². The minimum absolute atomic E-state index is 0.0171. The predicted octanol–water partition coefficient (Wildman–Crippen LogP) is 0.623. The number of hydrogen-bond acceptors (Lipinski definition) is 5. The van der Waals surface area contributed by atoms with E-state index in [1.807, 2.05) is 13.8 Å². The smallest absolute Gasteiger partial charge is 0.326 e. The second-order valence-corrected chi connectivity index (χ2v) is 5.77. The van der Waals surface area contributed by atoms with Crippen LogP contribution in [0, 0.1) is 13.8 Å². The van der Waals surface area contributed by atoms with E-state index in [1.165, 1.54) is 19.0 Å². The Morgan fingerprint density at radius 1 is 1.30 bits per heavy atom. The minimum Gasteiger partial charge on any atom is -0.361 e. The highest BCUT2D eigenvalue weighted by molar-refractivity contribution is 6.05. The fourth-order valence-corrected chi connectivity index (χ4v) is 2.68. The van der Waals surface area contributed by atoms with Crippen LogP contribution in [0.5, 0.6) is 0 Å². The molecule has 1 fully saturated rings. The first-order valence-corrected chi connectivity index (χ1v) is 7.55. The van der Waals surface area contributed by atoms with E-state index in [2.05, 4.69) is 10.5 Å². The number of aryl methyl sites for hydroxylation is 2. The first-order chi connectivity index (χ1) is 10.8. The fourth-order valence-electron chi connectivity index (χ4n) is 2.68. The maximum atomic E-state index is 11.9. The summed E-state index contributed by atoms with van der Waals surface area (Å²) in [7, 11) is 2.95. The zero-order valence-corrected chi connectivity index (χ0v) is 13.9. The summed E-state index contributed by atoms with van der Waals surface area (Å²) >= 11 is 0. The number of rotatable bonds is 6. The normalized spacial score (nSPS) is 18.0. The van der Waals surface area contributed by atoms with Crippen molar-refractivity contribution in [2.75, 3.05) is 20.6 Å². The summed E-state index contributed by atoms with van der Waals surface area (Å²) < 4.78 is 5.09. The molecule has 0 spiro atoms. The summed E-state index contributed by atoms with van der Waals surface area (Å²) in [6.07, 6.45) is 1.50. The number of imide groups is 1. The molecule has 8 nitrogen and oxygen atoms in total. The molecule has 0 bridgehead atoms. The van der Waals surface area contributed by atoms with E-state index in [0.717, 1.165) is 34.8 Å². The molecule has 1 atom stereocenters. The van der Waals surface area contributed by atoms with Crippen LogP contribution in [0.25, 0.3) is 0 Å². The molecule has 1 aliphatic heterocycles. The molecule has 0 aliphatic carbocycles. The minimum atomic E-state index is -0.713. The zero-order chi connectivity index (χ0) is 17.1. The Labute approximate surface area is 134 Å². The lowest BCUT2D eigenvalue weighted by atomic mass is 10.1. The average Bonchev–Trinajstić information content (AvgIpc) is 2.92. The van der Waals surface area contributed by atoms with Crippen LogP contribution in [-0.4, -0.2) is 59.5 Å². The summed E-state index contributed by atoms with van der Waals surface area (Å²) in [5, 5.41) is 6.67. The summed E-state index contributed by atoms with van der Waals surface area (Å²) in [5.74, 6) is 0.217. The van der Waals surface area contributed by atoms with Crippen LogP contribution >= 0.6 is 0 Å². The van der Waals surface area contributed by atoms with Gasteiger partial charge in [-0.1, -0.05) is 5.16 Å². The SMILES string of the molecule is Cc1noc(C)c1CCCNC(=O)CC1C(=O)N(C)C(=O)N1C. The Balaban J connectivity index is 1.76. The van der Waals surface area contributed by atoms with Crippen molar-refractivity contribution in [1.82, 2.24) is 20.3 Å². The number of hydrogen-bond donors (Lipinski definition) is 1. The second kappa shape index (κ2) is 6.80. The monoisotopic (exact) mass is 322 g/mol. The number of likely N-dealkylation sites (N-methyl/N-ethyl adjacent to an activating group) is 2. The Kier molecular flexibility index (Phi) is 5.02. The third-order valence-corrected chi connectivity index (χ3v) is 4.16. The Hall–Kier alpha value is -2.38. The van der Waals surface area contributed by atoms with Crippen LogP contribution in [0.4, 0.5) is 4.79 Å². The fraction of sp³-hybridized carbons (Fsp3) is 0.600. The van der Waals surface area contributed by atoms with Gasteiger partial charge in [-0.15, -0.1) is 0 Å². The predicted molar refractivity (Wildman–Crippen MR) is 81.6 cm³/mol. The molecule has 8 heteroatoms. The Morgan fingerprint density at radius 3 is 2.52 bits per heavy atom. The van der Waals surface area contributed by atoms with Gasteiger partial charge in [-0.2, -0.15) is 0 Å². The molecule has 1 unspecified atom stereocenters. The molecule has 1 aliphatic rings. The number of amides is 4. The molecular weight excluding hydrogens is 300 g/mol. The lowest BCUT2D eigenvalue weighted by molar-refractivity contribution is -0.131. The van der Waals surface area contributed by atoms with Gasteiger partial charge in [0.1, 0.15) is 11.8 Å². The largest absolute Gasteiger partial charge is 0.361 e. The zero-order valence-electron chi connectivity index (χ0n) is 13.9.